The highest BCUT2D eigenvalue weighted by atomic mass is 16.5. The van der Waals surface area contributed by atoms with Crippen LogP contribution in [0.15, 0.2) is 0 Å². The first-order valence-corrected chi connectivity index (χ1v) is 9.08. The molecule has 1 N–H and O–H groups in total. The number of hydrogen-bond acceptors (Lipinski definition) is 3. The molecule has 1 aliphatic rings. The molecule has 0 aromatic rings. The second-order valence-electron chi connectivity index (χ2n) is 6.45. The van der Waals surface area contributed by atoms with Crippen LogP contribution in [0.3, 0.4) is 0 Å². The van der Waals surface area contributed by atoms with Crippen LogP contribution in [0.5, 0.6) is 0 Å². The van der Waals surface area contributed by atoms with E-state index in [4.69, 9.17) is 4.74 Å². The summed E-state index contributed by atoms with van der Waals surface area (Å²) in [4.78, 5) is 24.1. The normalized spacial score (nSPS) is 19.7. The number of esters is 1. The predicted octanol–water partition coefficient (Wildman–Crippen LogP) is 3.98. The molecule has 0 aliphatic heterocycles. The maximum atomic E-state index is 12.7. The van der Waals surface area contributed by atoms with Crippen LogP contribution < -0.4 is 5.32 Å². The van der Waals surface area contributed by atoms with E-state index in [-0.39, 0.29) is 23.8 Å². The Labute approximate surface area is 135 Å². The number of hydrogen-bond donors (Lipinski definition) is 1. The topological polar surface area (TPSA) is 55.4 Å². The Bertz CT molecular complexity index is 329. The Hall–Kier alpha value is -1.06. The molecule has 128 valence electrons. The Morgan fingerprint density at radius 3 is 1.86 bits per heavy atom. The van der Waals surface area contributed by atoms with Gasteiger partial charge in [-0.25, -0.2) is 0 Å². The van der Waals surface area contributed by atoms with Gasteiger partial charge in [0.25, 0.3) is 0 Å². The molecular formula is C18H33NO3. The van der Waals surface area contributed by atoms with Gasteiger partial charge in [0.05, 0.1) is 6.61 Å². The van der Waals surface area contributed by atoms with Crippen molar-refractivity contribution in [1.29, 1.82) is 0 Å². The zero-order valence-corrected chi connectivity index (χ0v) is 14.4. The fourth-order valence-electron chi connectivity index (χ4n) is 3.41. The lowest BCUT2D eigenvalue weighted by atomic mass is 9.75. The molecule has 0 bridgehead atoms. The zero-order chi connectivity index (χ0) is 16.3. The maximum absolute atomic E-state index is 12.7. The Balaban J connectivity index is 2.62. The summed E-state index contributed by atoms with van der Waals surface area (Å²) >= 11 is 0. The molecule has 0 saturated heterocycles. The molecule has 0 aromatic heterocycles. The highest BCUT2D eigenvalue weighted by Gasteiger charge is 2.35. The number of amides is 1. The molecule has 0 unspecified atom stereocenters. The number of carbonyl (C=O) groups is 2. The maximum Gasteiger partial charge on any atom is 0.325 e. The lowest BCUT2D eigenvalue weighted by Crippen LogP contribution is -2.43. The van der Waals surface area contributed by atoms with Crippen molar-refractivity contribution in [3.05, 3.63) is 0 Å². The van der Waals surface area contributed by atoms with Crippen molar-refractivity contribution in [2.75, 3.05) is 13.2 Å². The minimum Gasteiger partial charge on any atom is -0.465 e. The Kier molecular flexibility index (Phi) is 9.17. The van der Waals surface area contributed by atoms with Gasteiger partial charge in [0, 0.05) is 5.41 Å². The van der Waals surface area contributed by atoms with E-state index < -0.39 is 0 Å². The fourth-order valence-corrected chi connectivity index (χ4v) is 3.41. The van der Waals surface area contributed by atoms with Crippen LogP contribution in [0.25, 0.3) is 0 Å². The minimum atomic E-state index is -0.348. The van der Waals surface area contributed by atoms with E-state index in [2.05, 4.69) is 12.2 Å². The second kappa shape index (κ2) is 10.6. The third kappa shape index (κ3) is 6.37. The Morgan fingerprint density at radius 1 is 0.909 bits per heavy atom. The van der Waals surface area contributed by atoms with E-state index in [0.29, 0.717) is 6.61 Å². The number of ether oxygens (including phenoxy) is 1. The second-order valence-corrected chi connectivity index (χ2v) is 6.45. The summed E-state index contributed by atoms with van der Waals surface area (Å²) in [5, 5.41) is 2.82. The van der Waals surface area contributed by atoms with Crippen molar-refractivity contribution in [1.82, 2.24) is 5.32 Å². The van der Waals surface area contributed by atoms with Gasteiger partial charge in [-0.05, 0) is 26.2 Å². The summed E-state index contributed by atoms with van der Waals surface area (Å²) in [6, 6.07) is 0. The van der Waals surface area contributed by atoms with Gasteiger partial charge in [0.15, 0.2) is 0 Å². The average Bonchev–Trinajstić information content (AvgIpc) is 2.57. The van der Waals surface area contributed by atoms with Crippen molar-refractivity contribution >= 4 is 11.9 Å². The van der Waals surface area contributed by atoms with Crippen LogP contribution in [0.2, 0.25) is 0 Å². The summed E-state index contributed by atoms with van der Waals surface area (Å²) < 4.78 is 4.89. The third-order valence-electron chi connectivity index (χ3n) is 4.92. The van der Waals surface area contributed by atoms with Crippen molar-refractivity contribution in [2.45, 2.75) is 84.5 Å². The SMILES string of the molecule is CCOC(=O)CNC(=O)C1(CC)CCCCCCCCCC1. The number of rotatable bonds is 5. The van der Waals surface area contributed by atoms with E-state index in [1.54, 1.807) is 6.92 Å². The molecule has 1 fully saturated rings. The highest BCUT2D eigenvalue weighted by Crippen LogP contribution is 2.36. The van der Waals surface area contributed by atoms with Gasteiger partial charge >= 0.3 is 5.97 Å². The number of carbonyl (C=O) groups excluding carboxylic acids is 2. The molecule has 0 heterocycles. The monoisotopic (exact) mass is 311 g/mol. The molecule has 22 heavy (non-hydrogen) atoms. The van der Waals surface area contributed by atoms with Gasteiger partial charge in [-0.1, -0.05) is 58.3 Å². The van der Waals surface area contributed by atoms with Crippen LogP contribution in [-0.4, -0.2) is 25.0 Å². The molecule has 0 radical (unpaired) electrons. The van der Waals surface area contributed by atoms with Crippen LogP contribution in [0.1, 0.15) is 84.5 Å². The zero-order valence-electron chi connectivity index (χ0n) is 14.4. The van der Waals surface area contributed by atoms with E-state index in [1.807, 2.05) is 0 Å². The summed E-state index contributed by atoms with van der Waals surface area (Å²) in [7, 11) is 0. The van der Waals surface area contributed by atoms with Crippen molar-refractivity contribution in [2.24, 2.45) is 5.41 Å². The molecular weight excluding hydrogens is 278 g/mol. The molecule has 1 amide bonds. The average molecular weight is 311 g/mol. The molecule has 1 rings (SSSR count). The predicted molar refractivity (Wildman–Crippen MR) is 88.5 cm³/mol. The molecule has 0 aromatic carbocycles. The largest absolute Gasteiger partial charge is 0.465 e. The first-order chi connectivity index (χ1) is 10.6. The fraction of sp³-hybridized carbons (Fsp3) is 0.889. The van der Waals surface area contributed by atoms with Gasteiger partial charge in [0.1, 0.15) is 6.54 Å². The van der Waals surface area contributed by atoms with Crippen LogP contribution in [0, 0.1) is 5.41 Å². The van der Waals surface area contributed by atoms with Gasteiger partial charge in [-0.15, -0.1) is 0 Å². The molecule has 4 nitrogen and oxygen atoms in total. The van der Waals surface area contributed by atoms with Gasteiger partial charge in [-0.3, -0.25) is 9.59 Å². The third-order valence-corrected chi connectivity index (χ3v) is 4.92. The van der Waals surface area contributed by atoms with Crippen molar-refractivity contribution < 1.29 is 14.3 Å². The van der Waals surface area contributed by atoms with Gasteiger partial charge in [-0.2, -0.15) is 0 Å². The first-order valence-electron chi connectivity index (χ1n) is 9.08. The molecule has 0 spiro atoms. The number of nitrogens with one attached hydrogen (secondary N) is 1. The van der Waals surface area contributed by atoms with Crippen molar-refractivity contribution in [3.63, 3.8) is 0 Å². The van der Waals surface area contributed by atoms with Crippen LogP contribution in [-0.2, 0) is 14.3 Å². The molecule has 1 saturated carbocycles. The van der Waals surface area contributed by atoms with E-state index in [9.17, 15) is 9.59 Å². The molecule has 4 heteroatoms. The minimum absolute atomic E-state index is 0.00553. The summed E-state index contributed by atoms with van der Waals surface area (Å²) in [6.45, 7) is 4.23. The van der Waals surface area contributed by atoms with Crippen LogP contribution >= 0.6 is 0 Å². The smallest absolute Gasteiger partial charge is 0.325 e. The highest BCUT2D eigenvalue weighted by molar-refractivity contribution is 5.86. The lowest BCUT2D eigenvalue weighted by Gasteiger charge is -2.31. The van der Waals surface area contributed by atoms with Gasteiger partial charge in [0.2, 0.25) is 5.91 Å². The van der Waals surface area contributed by atoms with E-state index in [0.717, 1.165) is 32.1 Å². The van der Waals surface area contributed by atoms with E-state index in [1.165, 1.54) is 38.5 Å². The van der Waals surface area contributed by atoms with E-state index >= 15 is 0 Å². The summed E-state index contributed by atoms with van der Waals surface area (Å²) in [5.41, 5.74) is -0.295. The molecule has 1 aliphatic carbocycles. The quantitative estimate of drug-likeness (QED) is 0.781. The lowest BCUT2D eigenvalue weighted by molar-refractivity contribution is -0.145. The Morgan fingerprint density at radius 2 is 1.41 bits per heavy atom. The molecule has 0 atom stereocenters. The summed E-state index contributed by atoms with van der Waals surface area (Å²) in [6.07, 6.45) is 12.6. The van der Waals surface area contributed by atoms with Crippen LogP contribution in [0.4, 0.5) is 0 Å². The first kappa shape index (κ1) is 19.0. The van der Waals surface area contributed by atoms with Crippen molar-refractivity contribution in [3.8, 4) is 0 Å². The summed E-state index contributed by atoms with van der Waals surface area (Å²) in [5.74, 6) is -0.305. The van der Waals surface area contributed by atoms with Gasteiger partial charge < -0.3 is 10.1 Å². The standard InChI is InChI=1S/C18H33NO3/c1-3-18(17(21)19-15-16(20)22-4-2)13-11-9-7-5-6-8-10-12-14-18/h3-15H2,1-2H3,(H,19,21).